The lowest BCUT2D eigenvalue weighted by Crippen LogP contribution is -2.35. The predicted octanol–water partition coefficient (Wildman–Crippen LogP) is 6.07. The number of thiocarbonyl (C=S) groups is 1. The van der Waals surface area contributed by atoms with Crippen molar-refractivity contribution in [3.8, 4) is 5.75 Å². The molecular formula is C28H28N2OS. The molecule has 0 aliphatic carbocycles. The van der Waals surface area contributed by atoms with E-state index in [0.29, 0.717) is 6.61 Å². The maximum Gasteiger partial charge on any atom is 0.122 e. The van der Waals surface area contributed by atoms with Crippen molar-refractivity contribution in [2.75, 3.05) is 13.2 Å². The van der Waals surface area contributed by atoms with Gasteiger partial charge in [0.1, 0.15) is 17.3 Å². The van der Waals surface area contributed by atoms with Gasteiger partial charge in [-0.2, -0.15) is 0 Å². The van der Waals surface area contributed by atoms with Crippen molar-refractivity contribution >= 4 is 28.1 Å². The number of hydrogen-bond acceptors (Lipinski definition) is 2. The molecule has 0 saturated carbocycles. The summed E-state index contributed by atoms with van der Waals surface area (Å²) in [6.07, 6.45) is 3.25. The van der Waals surface area contributed by atoms with E-state index in [0.717, 1.165) is 42.4 Å². The number of para-hydroxylation sites is 1. The van der Waals surface area contributed by atoms with Crippen LogP contribution in [0, 0.1) is 13.8 Å². The molecule has 0 bridgehead atoms. The van der Waals surface area contributed by atoms with Crippen LogP contribution in [0.25, 0.3) is 10.9 Å². The average molecular weight is 441 g/mol. The summed E-state index contributed by atoms with van der Waals surface area (Å²) in [6.45, 7) is 7.42. The van der Waals surface area contributed by atoms with Crippen LogP contribution in [-0.4, -0.2) is 27.6 Å². The number of fused-ring (bicyclic) bond motifs is 2. The molecule has 0 spiro atoms. The number of aryl methyl sites for hydroxylation is 2. The molecule has 0 fully saturated rings. The number of ether oxygens (including phenoxy) is 1. The third-order valence-corrected chi connectivity index (χ3v) is 6.85. The fraction of sp³-hybridized carbons (Fsp3) is 0.250. The zero-order valence-corrected chi connectivity index (χ0v) is 19.5. The number of hydrogen-bond donors (Lipinski definition) is 0. The highest BCUT2D eigenvalue weighted by Crippen LogP contribution is 2.27. The molecule has 4 heteroatoms. The Labute approximate surface area is 195 Å². The first kappa shape index (κ1) is 20.8. The minimum absolute atomic E-state index is 0.617. The van der Waals surface area contributed by atoms with Crippen LogP contribution in [0.5, 0.6) is 5.75 Å². The van der Waals surface area contributed by atoms with Gasteiger partial charge in [-0.1, -0.05) is 66.8 Å². The maximum atomic E-state index is 6.13. The van der Waals surface area contributed by atoms with E-state index in [1.165, 1.54) is 33.2 Å². The molecule has 0 unspecified atom stereocenters. The highest BCUT2D eigenvalue weighted by Gasteiger charge is 2.21. The van der Waals surface area contributed by atoms with Gasteiger partial charge in [0.25, 0.3) is 0 Å². The normalized spacial score (nSPS) is 13.2. The molecule has 0 saturated heterocycles. The molecule has 5 rings (SSSR count). The summed E-state index contributed by atoms with van der Waals surface area (Å²) in [5.74, 6) is 0.962. The summed E-state index contributed by atoms with van der Waals surface area (Å²) in [5, 5.41) is 1.21. The third kappa shape index (κ3) is 4.03. The van der Waals surface area contributed by atoms with Gasteiger partial charge >= 0.3 is 0 Å². The van der Waals surface area contributed by atoms with Crippen molar-refractivity contribution in [3.63, 3.8) is 0 Å². The summed E-state index contributed by atoms with van der Waals surface area (Å²) in [6, 6.07) is 23.6. The molecular weight excluding hydrogens is 412 g/mol. The van der Waals surface area contributed by atoms with Gasteiger partial charge in [-0.3, -0.25) is 0 Å². The molecule has 2 heterocycles. The minimum atomic E-state index is 0.617. The van der Waals surface area contributed by atoms with Gasteiger partial charge in [-0.25, -0.2) is 0 Å². The van der Waals surface area contributed by atoms with Gasteiger partial charge in [-0.15, -0.1) is 0 Å². The van der Waals surface area contributed by atoms with E-state index in [2.05, 4.69) is 96.2 Å². The summed E-state index contributed by atoms with van der Waals surface area (Å²) in [5.41, 5.74) is 7.55. The molecule has 0 atom stereocenters. The Kier molecular flexibility index (Phi) is 5.71. The third-order valence-electron chi connectivity index (χ3n) is 6.37. The van der Waals surface area contributed by atoms with Crippen LogP contribution in [0.1, 0.15) is 27.8 Å². The fourth-order valence-corrected chi connectivity index (χ4v) is 4.88. The second-order valence-corrected chi connectivity index (χ2v) is 9.00. The highest BCUT2D eigenvalue weighted by atomic mass is 32.1. The lowest BCUT2D eigenvalue weighted by molar-refractivity contribution is 0.298. The predicted molar refractivity (Wildman–Crippen MR) is 136 cm³/mol. The second-order valence-electron chi connectivity index (χ2n) is 8.62. The Bertz CT molecular complexity index is 1290. The van der Waals surface area contributed by atoms with Gasteiger partial charge in [0, 0.05) is 35.8 Å². The van der Waals surface area contributed by atoms with Crippen LogP contribution in [0.2, 0.25) is 0 Å². The van der Waals surface area contributed by atoms with Crippen molar-refractivity contribution in [1.82, 2.24) is 9.47 Å². The molecule has 0 amide bonds. The molecule has 0 N–H and O–H groups in total. The van der Waals surface area contributed by atoms with Crippen molar-refractivity contribution in [3.05, 3.63) is 101 Å². The van der Waals surface area contributed by atoms with E-state index in [1.54, 1.807) is 0 Å². The topological polar surface area (TPSA) is 17.4 Å². The number of benzene rings is 3. The SMILES string of the molecule is Cc1ccc(C)c(OCCn2cc(C(=S)N3CCc4ccccc4C3)c3ccccc32)c1. The van der Waals surface area contributed by atoms with Crippen molar-refractivity contribution < 1.29 is 4.74 Å². The fourth-order valence-electron chi connectivity index (χ4n) is 4.56. The molecule has 4 aromatic rings. The highest BCUT2D eigenvalue weighted by molar-refractivity contribution is 7.80. The van der Waals surface area contributed by atoms with E-state index in [9.17, 15) is 0 Å². The van der Waals surface area contributed by atoms with Crippen LogP contribution in [0.3, 0.4) is 0 Å². The average Bonchev–Trinajstić information content (AvgIpc) is 3.19. The van der Waals surface area contributed by atoms with Crippen molar-refractivity contribution in [2.24, 2.45) is 0 Å². The molecule has 162 valence electrons. The Morgan fingerprint density at radius 3 is 2.62 bits per heavy atom. The quantitative estimate of drug-likeness (QED) is 0.351. The monoisotopic (exact) mass is 440 g/mol. The molecule has 3 aromatic carbocycles. The van der Waals surface area contributed by atoms with Gasteiger partial charge < -0.3 is 14.2 Å². The van der Waals surface area contributed by atoms with Crippen LogP contribution >= 0.6 is 12.2 Å². The summed E-state index contributed by atoms with van der Waals surface area (Å²) >= 11 is 6.01. The molecule has 0 radical (unpaired) electrons. The Morgan fingerprint density at radius 2 is 1.75 bits per heavy atom. The molecule has 32 heavy (non-hydrogen) atoms. The molecule has 1 aliphatic heterocycles. The summed E-state index contributed by atoms with van der Waals surface area (Å²) in [4.78, 5) is 3.28. The zero-order valence-electron chi connectivity index (χ0n) is 18.7. The lowest BCUT2D eigenvalue weighted by atomic mass is 9.99. The largest absolute Gasteiger partial charge is 0.491 e. The molecule has 1 aromatic heterocycles. The first-order valence-corrected chi connectivity index (χ1v) is 11.6. The van der Waals surface area contributed by atoms with E-state index in [1.807, 2.05) is 0 Å². The van der Waals surface area contributed by atoms with E-state index < -0.39 is 0 Å². The summed E-state index contributed by atoms with van der Waals surface area (Å²) < 4.78 is 8.41. The van der Waals surface area contributed by atoms with Gasteiger partial charge in [0.05, 0.1) is 6.54 Å². The van der Waals surface area contributed by atoms with Gasteiger partial charge in [0.15, 0.2) is 0 Å². The minimum Gasteiger partial charge on any atom is -0.491 e. The van der Waals surface area contributed by atoms with Crippen LogP contribution in [0.15, 0.2) is 72.9 Å². The second kappa shape index (κ2) is 8.79. The van der Waals surface area contributed by atoms with E-state index >= 15 is 0 Å². The maximum absolute atomic E-state index is 6.13. The van der Waals surface area contributed by atoms with Crippen LogP contribution in [-0.2, 0) is 19.5 Å². The Balaban J connectivity index is 1.37. The number of nitrogens with zero attached hydrogens (tertiary/aromatic N) is 2. The first-order chi connectivity index (χ1) is 15.6. The van der Waals surface area contributed by atoms with Gasteiger partial charge in [0.2, 0.25) is 0 Å². The zero-order chi connectivity index (χ0) is 22.1. The number of aromatic nitrogens is 1. The lowest BCUT2D eigenvalue weighted by Gasteiger charge is -2.30. The van der Waals surface area contributed by atoms with Crippen molar-refractivity contribution in [2.45, 2.75) is 33.4 Å². The van der Waals surface area contributed by atoms with Crippen LogP contribution < -0.4 is 4.74 Å². The van der Waals surface area contributed by atoms with Crippen molar-refractivity contribution in [1.29, 1.82) is 0 Å². The Hall–Kier alpha value is -3.11. The number of rotatable bonds is 5. The van der Waals surface area contributed by atoms with Crippen LogP contribution in [0.4, 0.5) is 0 Å². The van der Waals surface area contributed by atoms with Gasteiger partial charge in [-0.05, 0) is 54.7 Å². The smallest absolute Gasteiger partial charge is 0.122 e. The Morgan fingerprint density at radius 1 is 0.969 bits per heavy atom. The van der Waals surface area contributed by atoms with E-state index in [4.69, 9.17) is 17.0 Å². The van der Waals surface area contributed by atoms with E-state index in [-0.39, 0.29) is 0 Å². The summed E-state index contributed by atoms with van der Waals surface area (Å²) in [7, 11) is 0. The molecule has 1 aliphatic rings. The molecule has 3 nitrogen and oxygen atoms in total. The standard InChI is InChI=1S/C28H28N2OS/c1-20-11-12-21(2)27(17-20)31-16-15-29-19-25(24-9-5-6-10-26(24)29)28(32)30-14-13-22-7-3-4-8-23(22)18-30/h3-12,17,19H,13-16,18H2,1-2H3. The first-order valence-electron chi connectivity index (χ1n) is 11.2.